The summed E-state index contributed by atoms with van der Waals surface area (Å²) < 4.78 is 2.03. The molecule has 0 unspecified atom stereocenters. The van der Waals surface area contributed by atoms with Crippen LogP contribution in [0, 0.1) is 17.2 Å². The SMILES string of the molecule is CC(C)Cn1c([C@H](C)O)nc2cc(C#N)ccc21. The number of nitrogens with zero attached hydrogens (tertiary/aromatic N) is 3. The fourth-order valence-corrected chi connectivity index (χ4v) is 2.09. The highest BCUT2D eigenvalue weighted by Gasteiger charge is 2.15. The van der Waals surface area contributed by atoms with E-state index in [1.165, 1.54) is 0 Å². The Balaban J connectivity index is 2.64. The lowest BCUT2D eigenvalue weighted by Gasteiger charge is -2.13. The number of benzene rings is 1. The number of hydrogen-bond acceptors (Lipinski definition) is 3. The molecule has 0 saturated heterocycles. The van der Waals surface area contributed by atoms with Crippen molar-refractivity contribution in [3.05, 3.63) is 29.6 Å². The molecule has 1 atom stereocenters. The van der Waals surface area contributed by atoms with Crippen molar-refractivity contribution in [2.45, 2.75) is 33.4 Å². The van der Waals surface area contributed by atoms with Gasteiger partial charge >= 0.3 is 0 Å². The van der Waals surface area contributed by atoms with Gasteiger partial charge in [0.2, 0.25) is 0 Å². The van der Waals surface area contributed by atoms with E-state index in [1.807, 2.05) is 10.6 Å². The fraction of sp³-hybridized carbons (Fsp3) is 0.429. The van der Waals surface area contributed by atoms with E-state index in [4.69, 9.17) is 5.26 Å². The molecule has 4 nitrogen and oxygen atoms in total. The molecule has 0 aliphatic heterocycles. The van der Waals surface area contributed by atoms with Gasteiger partial charge in [-0.3, -0.25) is 0 Å². The number of imidazole rings is 1. The summed E-state index contributed by atoms with van der Waals surface area (Å²) in [6.45, 7) is 6.77. The molecule has 0 amide bonds. The van der Waals surface area contributed by atoms with Gasteiger partial charge in [-0.2, -0.15) is 5.26 Å². The molecule has 2 aromatic rings. The maximum atomic E-state index is 9.80. The number of aromatic nitrogens is 2. The second kappa shape index (κ2) is 4.79. The molecule has 18 heavy (non-hydrogen) atoms. The maximum absolute atomic E-state index is 9.80. The Labute approximate surface area is 106 Å². The number of rotatable bonds is 3. The third kappa shape index (κ3) is 2.22. The zero-order valence-electron chi connectivity index (χ0n) is 10.9. The van der Waals surface area contributed by atoms with Gasteiger partial charge in [0.25, 0.3) is 0 Å². The van der Waals surface area contributed by atoms with E-state index >= 15 is 0 Å². The van der Waals surface area contributed by atoms with Crippen molar-refractivity contribution < 1.29 is 5.11 Å². The number of aliphatic hydroxyl groups excluding tert-OH is 1. The van der Waals surface area contributed by atoms with Crippen molar-refractivity contribution in [1.82, 2.24) is 9.55 Å². The van der Waals surface area contributed by atoms with E-state index in [1.54, 1.807) is 19.1 Å². The molecule has 4 heteroatoms. The summed E-state index contributed by atoms with van der Waals surface area (Å²) in [7, 11) is 0. The maximum Gasteiger partial charge on any atom is 0.138 e. The van der Waals surface area contributed by atoms with Crippen molar-refractivity contribution in [3.8, 4) is 6.07 Å². The van der Waals surface area contributed by atoms with E-state index in [2.05, 4.69) is 24.9 Å². The van der Waals surface area contributed by atoms with Crippen molar-refractivity contribution >= 4 is 11.0 Å². The van der Waals surface area contributed by atoms with Crippen molar-refractivity contribution in [3.63, 3.8) is 0 Å². The van der Waals surface area contributed by atoms with Gasteiger partial charge in [-0.05, 0) is 31.0 Å². The zero-order chi connectivity index (χ0) is 13.3. The number of fused-ring (bicyclic) bond motifs is 1. The molecule has 1 aromatic carbocycles. The minimum atomic E-state index is -0.610. The van der Waals surface area contributed by atoms with Crippen LogP contribution in [0.4, 0.5) is 0 Å². The predicted octanol–water partition coefficient (Wildman–Crippen LogP) is 2.62. The molecule has 0 aliphatic rings. The average Bonchev–Trinajstić information content (AvgIpc) is 2.66. The van der Waals surface area contributed by atoms with Crippen LogP contribution in [0.3, 0.4) is 0 Å². The lowest BCUT2D eigenvalue weighted by molar-refractivity contribution is 0.183. The van der Waals surface area contributed by atoms with Gasteiger partial charge in [0.1, 0.15) is 11.9 Å². The van der Waals surface area contributed by atoms with Crippen LogP contribution >= 0.6 is 0 Å². The first-order valence-corrected chi connectivity index (χ1v) is 6.11. The van der Waals surface area contributed by atoms with Gasteiger partial charge in [0.05, 0.1) is 22.7 Å². The second-order valence-electron chi connectivity index (χ2n) is 4.97. The standard InChI is InChI=1S/C14H17N3O/c1-9(2)8-17-13-5-4-11(7-15)6-12(13)16-14(17)10(3)18/h4-6,9-10,18H,8H2,1-3H3/t10-/m0/s1. The van der Waals surface area contributed by atoms with Gasteiger partial charge in [0, 0.05) is 6.54 Å². The molecular formula is C14H17N3O. The smallest absolute Gasteiger partial charge is 0.138 e. The highest BCUT2D eigenvalue weighted by atomic mass is 16.3. The van der Waals surface area contributed by atoms with Gasteiger partial charge in [0.15, 0.2) is 0 Å². The monoisotopic (exact) mass is 243 g/mol. The Bertz CT molecular complexity index is 605. The van der Waals surface area contributed by atoms with E-state index in [0.717, 1.165) is 17.6 Å². The Hall–Kier alpha value is -1.86. The Kier molecular flexibility index (Phi) is 3.35. The van der Waals surface area contributed by atoms with E-state index in [9.17, 15) is 5.11 Å². The van der Waals surface area contributed by atoms with Crippen LogP contribution in [-0.4, -0.2) is 14.7 Å². The normalized spacial score (nSPS) is 12.9. The average molecular weight is 243 g/mol. The van der Waals surface area contributed by atoms with E-state index < -0.39 is 6.10 Å². The summed E-state index contributed by atoms with van der Waals surface area (Å²) in [5.41, 5.74) is 2.33. The lowest BCUT2D eigenvalue weighted by Crippen LogP contribution is -2.10. The Morgan fingerprint density at radius 3 is 2.67 bits per heavy atom. The lowest BCUT2D eigenvalue weighted by atomic mass is 10.2. The van der Waals surface area contributed by atoms with Crippen LogP contribution < -0.4 is 0 Å². The molecule has 2 rings (SSSR count). The second-order valence-corrected chi connectivity index (χ2v) is 4.97. The highest BCUT2D eigenvalue weighted by Crippen LogP contribution is 2.23. The molecule has 94 valence electrons. The van der Waals surface area contributed by atoms with Gasteiger partial charge in [-0.25, -0.2) is 4.98 Å². The van der Waals surface area contributed by atoms with Crippen LogP contribution in [0.2, 0.25) is 0 Å². The molecule has 0 bridgehead atoms. The van der Waals surface area contributed by atoms with Crippen molar-refractivity contribution in [2.75, 3.05) is 0 Å². The van der Waals surface area contributed by atoms with Gasteiger partial charge in [-0.1, -0.05) is 13.8 Å². The third-order valence-corrected chi connectivity index (χ3v) is 2.83. The largest absolute Gasteiger partial charge is 0.385 e. The predicted molar refractivity (Wildman–Crippen MR) is 69.9 cm³/mol. The molecule has 1 heterocycles. The van der Waals surface area contributed by atoms with Crippen LogP contribution in [0.1, 0.15) is 38.3 Å². The quantitative estimate of drug-likeness (QED) is 0.901. The number of aliphatic hydroxyl groups is 1. The third-order valence-electron chi connectivity index (χ3n) is 2.83. The van der Waals surface area contributed by atoms with Crippen LogP contribution in [0.25, 0.3) is 11.0 Å². The van der Waals surface area contributed by atoms with E-state index in [-0.39, 0.29) is 0 Å². The minimum Gasteiger partial charge on any atom is -0.385 e. The van der Waals surface area contributed by atoms with Gasteiger partial charge in [-0.15, -0.1) is 0 Å². The summed E-state index contributed by atoms with van der Waals surface area (Å²) in [6, 6.07) is 7.55. The molecule has 0 aliphatic carbocycles. The first-order valence-electron chi connectivity index (χ1n) is 6.11. The van der Waals surface area contributed by atoms with Crippen LogP contribution in [-0.2, 0) is 6.54 Å². The summed E-state index contributed by atoms with van der Waals surface area (Å²) in [5, 5.41) is 18.7. The Morgan fingerprint density at radius 2 is 2.11 bits per heavy atom. The molecule has 1 N–H and O–H groups in total. The molecular weight excluding hydrogens is 226 g/mol. The first kappa shape index (κ1) is 12.6. The molecule has 0 spiro atoms. The topological polar surface area (TPSA) is 61.8 Å². The highest BCUT2D eigenvalue weighted by molar-refractivity contribution is 5.77. The van der Waals surface area contributed by atoms with Crippen LogP contribution in [0.15, 0.2) is 18.2 Å². The van der Waals surface area contributed by atoms with E-state index in [0.29, 0.717) is 17.3 Å². The summed E-state index contributed by atoms with van der Waals surface area (Å²) in [4.78, 5) is 4.44. The van der Waals surface area contributed by atoms with Crippen molar-refractivity contribution in [2.24, 2.45) is 5.92 Å². The number of hydrogen-bond donors (Lipinski definition) is 1. The molecule has 0 fully saturated rings. The Morgan fingerprint density at radius 1 is 1.39 bits per heavy atom. The zero-order valence-corrected chi connectivity index (χ0v) is 10.9. The molecule has 1 aromatic heterocycles. The minimum absolute atomic E-state index is 0.468. The summed E-state index contributed by atoms with van der Waals surface area (Å²) in [6.07, 6.45) is -0.610. The molecule has 0 radical (unpaired) electrons. The summed E-state index contributed by atoms with van der Waals surface area (Å²) >= 11 is 0. The summed E-state index contributed by atoms with van der Waals surface area (Å²) in [5.74, 6) is 1.13. The fourth-order valence-electron chi connectivity index (χ4n) is 2.09. The van der Waals surface area contributed by atoms with Crippen LogP contribution in [0.5, 0.6) is 0 Å². The van der Waals surface area contributed by atoms with Gasteiger partial charge < -0.3 is 9.67 Å². The molecule has 0 saturated carbocycles. The first-order chi connectivity index (χ1) is 8.52. The van der Waals surface area contributed by atoms with Crippen molar-refractivity contribution in [1.29, 1.82) is 5.26 Å². The number of nitriles is 1.